The molecule has 3 rings (SSSR count). The van der Waals surface area contributed by atoms with E-state index in [9.17, 15) is 9.59 Å². The van der Waals surface area contributed by atoms with Crippen LogP contribution in [0.2, 0.25) is 0 Å². The van der Waals surface area contributed by atoms with Gasteiger partial charge in [0.2, 0.25) is 0 Å². The van der Waals surface area contributed by atoms with Gasteiger partial charge in [-0.2, -0.15) is 5.26 Å². The van der Waals surface area contributed by atoms with Gasteiger partial charge < -0.3 is 9.47 Å². The highest BCUT2D eigenvalue weighted by Gasteiger charge is 2.44. The molecule has 0 radical (unpaired) electrons. The molecule has 1 aliphatic heterocycles. The first-order valence-electron chi connectivity index (χ1n) is 9.58. The van der Waals surface area contributed by atoms with E-state index in [1.165, 1.54) is 12.7 Å². The average molecular weight is 370 g/mol. The quantitative estimate of drug-likeness (QED) is 0.761. The first kappa shape index (κ1) is 19.2. The number of nitriles is 1. The number of esters is 1. The maximum Gasteiger partial charge on any atom is 0.410 e. The minimum Gasteiger partial charge on any atom is -0.464 e. The summed E-state index contributed by atoms with van der Waals surface area (Å²) in [6, 6.07) is 9.38. The number of likely N-dealkylation sites (tertiary alicyclic amines) is 1. The average Bonchev–Trinajstić information content (AvgIpc) is 2.72. The lowest BCUT2D eigenvalue weighted by Crippen LogP contribution is -2.54. The van der Waals surface area contributed by atoms with Crippen LogP contribution in [0.3, 0.4) is 0 Å². The van der Waals surface area contributed by atoms with Gasteiger partial charge in [0.15, 0.2) is 0 Å². The maximum absolute atomic E-state index is 12.4. The van der Waals surface area contributed by atoms with Crippen LogP contribution in [0, 0.1) is 23.2 Å². The Hall–Kier alpha value is -2.55. The smallest absolute Gasteiger partial charge is 0.410 e. The molecule has 1 heterocycles. The molecule has 2 aliphatic rings. The SMILES string of the molecule is CCOC(=O)C1CC2CC(c3ccc(C#N)cc3)CCC2CN1C(=O)OC. The van der Waals surface area contributed by atoms with Crippen LogP contribution in [-0.4, -0.2) is 43.3 Å². The standard InChI is InChI=1S/C21H26N2O4/c1-3-27-20(24)19-11-18-10-16(15-6-4-14(12-22)5-7-15)8-9-17(18)13-23(19)21(25)26-2/h4-7,16-19H,3,8-11,13H2,1-2H3. The molecule has 1 amide bonds. The van der Waals surface area contributed by atoms with Gasteiger partial charge in [-0.25, -0.2) is 9.59 Å². The van der Waals surface area contributed by atoms with Crippen LogP contribution in [-0.2, 0) is 14.3 Å². The zero-order valence-electron chi connectivity index (χ0n) is 15.9. The molecule has 6 nitrogen and oxygen atoms in total. The zero-order chi connectivity index (χ0) is 19.4. The van der Waals surface area contributed by atoms with Gasteiger partial charge in [0.1, 0.15) is 6.04 Å². The van der Waals surface area contributed by atoms with Gasteiger partial charge in [0.25, 0.3) is 0 Å². The lowest BCUT2D eigenvalue weighted by atomic mass is 9.67. The molecule has 1 saturated heterocycles. The zero-order valence-corrected chi connectivity index (χ0v) is 15.9. The molecule has 0 N–H and O–H groups in total. The normalized spacial score (nSPS) is 27.2. The van der Waals surface area contributed by atoms with E-state index < -0.39 is 12.1 Å². The second-order valence-corrected chi connectivity index (χ2v) is 7.39. The van der Waals surface area contributed by atoms with Gasteiger partial charge in [-0.15, -0.1) is 0 Å². The van der Waals surface area contributed by atoms with Gasteiger partial charge in [-0.1, -0.05) is 12.1 Å². The van der Waals surface area contributed by atoms with E-state index in [-0.39, 0.29) is 5.97 Å². The highest BCUT2D eigenvalue weighted by molar-refractivity contribution is 5.81. The summed E-state index contributed by atoms with van der Waals surface area (Å²) in [6.45, 7) is 2.61. The molecule has 0 spiro atoms. The molecule has 1 aromatic rings. The highest BCUT2D eigenvalue weighted by atomic mass is 16.6. The highest BCUT2D eigenvalue weighted by Crippen LogP contribution is 2.45. The number of fused-ring (bicyclic) bond motifs is 1. The van der Waals surface area contributed by atoms with Crippen LogP contribution < -0.4 is 0 Å². The summed E-state index contributed by atoms with van der Waals surface area (Å²) in [4.78, 5) is 26.1. The summed E-state index contributed by atoms with van der Waals surface area (Å²) >= 11 is 0. The summed E-state index contributed by atoms with van der Waals surface area (Å²) in [7, 11) is 1.35. The molecule has 4 atom stereocenters. The van der Waals surface area contributed by atoms with E-state index in [2.05, 4.69) is 6.07 Å². The van der Waals surface area contributed by atoms with Crippen molar-refractivity contribution in [1.29, 1.82) is 5.26 Å². The van der Waals surface area contributed by atoms with Gasteiger partial charge in [0.05, 0.1) is 25.3 Å². The number of carbonyl (C=O) groups excluding carboxylic acids is 2. The minimum atomic E-state index is -0.571. The fourth-order valence-corrected chi connectivity index (χ4v) is 4.56. The van der Waals surface area contributed by atoms with Gasteiger partial charge in [-0.3, -0.25) is 4.90 Å². The largest absolute Gasteiger partial charge is 0.464 e. The van der Waals surface area contributed by atoms with Crippen molar-refractivity contribution in [3.05, 3.63) is 35.4 Å². The summed E-state index contributed by atoms with van der Waals surface area (Å²) in [5.41, 5.74) is 1.91. The van der Waals surface area contributed by atoms with Crippen molar-refractivity contribution >= 4 is 12.1 Å². The molecular formula is C21H26N2O4. The fourth-order valence-electron chi connectivity index (χ4n) is 4.56. The predicted octanol–water partition coefficient (Wildman–Crippen LogP) is 3.46. The first-order chi connectivity index (χ1) is 13.1. The van der Waals surface area contributed by atoms with E-state index >= 15 is 0 Å². The van der Waals surface area contributed by atoms with E-state index in [1.807, 2.05) is 24.3 Å². The van der Waals surface area contributed by atoms with E-state index in [4.69, 9.17) is 14.7 Å². The molecular weight excluding hydrogens is 344 g/mol. The van der Waals surface area contributed by atoms with Crippen LogP contribution in [0.25, 0.3) is 0 Å². The van der Waals surface area contributed by atoms with Crippen LogP contribution in [0.1, 0.15) is 49.7 Å². The molecule has 1 saturated carbocycles. The van der Waals surface area contributed by atoms with Crippen LogP contribution >= 0.6 is 0 Å². The van der Waals surface area contributed by atoms with Crippen LogP contribution in [0.15, 0.2) is 24.3 Å². The van der Waals surface area contributed by atoms with Crippen molar-refractivity contribution in [3.8, 4) is 6.07 Å². The molecule has 1 aromatic carbocycles. The summed E-state index contributed by atoms with van der Waals surface area (Å²) in [6.07, 6.45) is 3.21. The van der Waals surface area contributed by atoms with Gasteiger partial charge in [0, 0.05) is 6.54 Å². The third-order valence-corrected chi connectivity index (χ3v) is 5.95. The Morgan fingerprint density at radius 1 is 1.19 bits per heavy atom. The Balaban J connectivity index is 1.74. The topological polar surface area (TPSA) is 79.6 Å². The van der Waals surface area contributed by atoms with E-state index in [0.717, 1.165) is 19.3 Å². The van der Waals surface area contributed by atoms with Crippen molar-refractivity contribution in [2.45, 2.75) is 44.6 Å². The molecule has 27 heavy (non-hydrogen) atoms. The number of benzene rings is 1. The fraction of sp³-hybridized carbons (Fsp3) is 0.571. The Labute approximate surface area is 160 Å². The number of hydrogen-bond donors (Lipinski definition) is 0. The van der Waals surface area contributed by atoms with E-state index in [0.29, 0.717) is 42.9 Å². The first-order valence-corrected chi connectivity index (χ1v) is 9.58. The monoisotopic (exact) mass is 370 g/mol. The van der Waals surface area contributed by atoms with Crippen molar-refractivity contribution in [2.24, 2.45) is 11.8 Å². The Bertz CT molecular complexity index is 725. The number of carbonyl (C=O) groups is 2. The Kier molecular flexibility index (Phi) is 6.00. The number of methoxy groups -OCH3 is 1. The molecule has 2 fully saturated rings. The van der Waals surface area contributed by atoms with Gasteiger partial charge in [-0.05, 0) is 68.1 Å². The van der Waals surface area contributed by atoms with E-state index in [1.54, 1.807) is 11.8 Å². The summed E-state index contributed by atoms with van der Waals surface area (Å²) < 4.78 is 10.1. The second kappa shape index (κ2) is 8.43. The number of ether oxygens (including phenoxy) is 2. The van der Waals surface area contributed by atoms with Crippen LogP contribution in [0.5, 0.6) is 0 Å². The number of nitrogens with zero attached hydrogens (tertiary/aromatic N) is 2. The van der Waals surface area contributed by atoms with Crippen molar-refractivity contribution in [1.82, 2.24) is 4.90 Å². The Morgan fingerprint density at radius 3 is 2.56 bits per heavy atom. The molecule has 0 bridgehead atoms. The molecule has 0 aromatic heterocycles. The van der Waals surface area contributed by atoms with Crippen LogP contribution in [0.4, 0.5) is 4.79 Å². The number of piperidine rings is 1. The Morgan fingerprint density at radius 2 is 1.93 bits per heavy atom. The lowest BCUT2D eigenvalue weighted by molar-refractivity contribution is -0.152. The van der Waals surface area contributed by atoms with Crippen molar-refractivity contribution in [3.63, 3.8) is 0 Å². The molecule has 6 heteroatoms. The molecule has 144 valence electrons. The lowest BCUT2D eigenvalue weighted by Gasteiger charge is -2.46. The maximum atomic E-state index is 12.4. The third kappa shape index (κ3) is 4.08. The predicted molar refractivity (Wildman–Crippen MR) is 98.9 cm³/mol. The van der Waals surface area contributed by atoms with Crippen molar-refractivity contribution in [2.75, 3.05) is 20.3 Å². The number of rotatable bonds is 3. The summed E-state index contributed by atoms with van der Waals surface area (Å²) in [5, 5.41) is 8.97. The van der Waals surface area contributed by atoms with Gasteiger partial charge >= 0.3 is 12.1 Å². The number of hydrogen-bond acceptors (Lipinski definition) is 5. The number of amides is 1. The molecule has 1 aliphatic carbocycles. The third-order valence-electron chi connectivity index (χ3n) is 5.95. The second-order valence-electron chi connectivity index (χ2n) is 7.39. The minimum absolute atomic E-state index is 0.298. The molecule has 4 unspecified atom stereocenters. The van der Waals surface area contributed by atoms with Crippen molar-refractivity contribution < 1.29 is 19.1 Å². The summed E-state index contributed by atoms with van der Waals surface area (Å²) in [5.74, 6) is 0.826.